The fraction of sp³-hybridized carbons (Fsp3) is 0.900. The zero-order chi connectivity index (χ0) is 18.1. The molecule has 2 unspecified atom stereocenters. The van der Waals surface area contributed by atoms with Crippen molar-refractivity contribution in [3.05, 3.63) is 0 Å². The zero-order valence-electron chi connectivity index (χ0n) is 16.6. The Morgan fingerprint density at radius 1 is 1.19 bits per heavy atom. The lowest BCUT2D eigenvalue weighted by Crippen LogP contribution is -2.44. The van der Waals surface area contributed by atoms with E-state index >= 15 is 0 Å². The number of halogens is 1. The van der Waals surface area contributed by atoms with Gasteiger partial charge >= 0.3 is 0 Å². The third-order valence-electron chi connectivity index (χ3n) is 5.93. The van der Waals surface area contributed by atoms with E-state index in [-0.39, 0.29) is 30.1 Å². The second kappa shape index (κ2) is 12.6. The summed E-state index contributed by atoms with van der Waals surface area (Å²) in [5.74, 6) is 1.62. The summed E-state index contributed by atoms with van der Waals surface area (Å²) in [6, 6.07) is 0. The van der Waals surface area contributed by atoms with Gasteiger partial charge < -0.3 is 15.5 Å². The quantitative estimate of drug-likeness (QED) is 0.629. The molecule has 2 fully saturated rings. The van der Waals surface area contributed by atoms with Crippen molar-refractivity contribution < 1.29 is 9.59 Å². The maximum absolute atomic E-state index is 12.6. The number of unbranched alkanes of at least 4 members (excludes halogenated alkanes) is 2. The van der Waals surface area contributed by atoms with Crippen LogP contribution in [0.2, 0.25) is 0 Å². The van der Waals surface area contributed by atoms with E-state index in [2.05, 4.69) is 24.5 Å². The van der Waals surface area contributed by atoms with E-state index in [1.807, 2.05) is 4.90 Å². The molecule has 0 saturated carbocycles. The van der Waals surface area contributed by atoms with E-state index in [1.54, 1.807) is 0 Å². The van der Waals surface area contributed by atoms with Crippen molar-refractivity contribution in [2.75, 3.05) is 32.7 Å². The second-order valence-electron chi connectivity index (χ2n) is 7.94. The molecule has 2 aliphatic heterocycles. The number of amides is 2. The van der Waals surface area contributed by atoms with Gasteiger partial charge in [-0.25, -0.2) is 0 Å². The standard InChI is InChI=1S/C20H37N3O2.ClH/c1-3-4-5-11-22-20(25)17-8-12-23(13-9-17)19(24)14-16(2)18-7-6-10-21-15-18;/h16-18,21H,3-15H2,1-2H3,(H,22,25);1H. The van der Waals surface area contributed by atoms with Gasteiger partial charge in [0.15, 0.2) is 0 Å². The molecule has 2 amide bonds. The van der Waals surface area contributed by atoms with Gasteiger partial charge in [-0.3, -0.25) is 9.59 Å². The van der Waals surface area contributed by atoms with Crippen molar-refractivity contribution in [3.63, 3.8) is 0 Å². The second-order valence-corrected chi connectivity index (χ2v) is 7.94. The van der Waals surface area contributed by atoms with Crippen LogP contribution >= 0.6 is 12.4 Å². The van der Waals surface area contributed by atoms with Crippen LogP contribution in [0.4, 0.5) is 0 Å². The van der Waals surface area contributed by atoms with Crippen LogP contribution in [0, 0.1) is 17.8 Å². The van der Waals surface area contributed by atoms with E-state index in [9.17, 15) is 9.59 Å². The summed E-state index contributed by atoms with van der Waals surface area (Å²) in [6.45, 7) is 8.81. The average molecular weight is 388 g/mol. The zero-order valence-corrected chi connectivity index (χ0v) is 17.4. The first-order valence-corrected chi connectivity index (χ1v) is 10.4. The van der Waals surface area contributed by atoms with Crippen molar-refractivity contribution in [2.45, 2.75) is 65.2 Å². The minimum Gasteiger partial charge on any atom is -0.356 e. The number of nitrogens with zero attached hydrogens (tertiary/aromatic N) is 1. The summed E-state index contributed by atoms with van der Waals surface area (Å²) in [5.41, 5.74) is 0. The van der Waals surface area contributed by atoms with Crippen LogP contribution in [0.1, 0.15) is 65.2 Å². The third-order valence-corrected chi connectivity index (χ3v) is 5.93. The first kappa shape index (κ1) is 23.2. The molecular formula is C20H38ClN3O2. The monoisotopic (exact) mass is 387 g/mol. The Hall–Kier alpha value is -0.810. The van der Waals surface area contributed by atoms with Crippen LogP contribution in [0.15, 0.2) is 0 Å². The first-order valence-electron chi connectivity index (χ1n) is 10.4. The smallest absolute Gasteiger partial charge is 0.223 e. The van der Waals surface area contributed by atoms with Crippen LogP contribution in [-0.4, -0.2) is 49.4 Å². The summed E-state index contributed by atoms with van der Waals surface area (Å²) in [7, 11) is 0. The fourth-order valence-electron chi connectivity index (χ4n) is 4.06. The molecular weight excluding hydrogens is 350 g/mol. The lowest BCUT2D eigenvalue weighted by Gasteiger charge is -2.34. The largest absolute Gasteiger partial charge is 0.356 e. The van der Waals surface area contributed by atoms with Gasteiger partial charge in [0.2, 0.25) is 11.8 Å². The summed E-state index contributed by atoms with van der Waals surface area (Å²) >= 11 is 0. The Balaban J connectivity index is 0.00000338. The van der Waals surface area contributed by atoms with Crippen molar-refractivity contribution in [2.24, 2.45) is 17.8 Å². The number of rotatable bonds is 8. The van der Waals surface area contributed by atoms with Crippen molar-refractivity contribution in [3.8, 4) is 0 Å². The first-order chi connectivity index (χ1) is 12.1. The molecule has 6 heteroatoms. The van der Waals surface area contributed by atoms with Crippen LogP contribution < -0.4 is 10.6 Å². The molecule has 152 valence electrons. The molecule has 0 aromatic heterocycles. The van der Waals surface area contributed by atoms with E-state index in [0.29, 0.717) is 18.3 Å². The molecule has 26 heavy (non-hydrogen) atoms. The van der Waals surface area contributed by atoms with Crippen LogP contribution in [0.5, 0.6) is 0 Å². The molecule has 0 spiro atoms. The van der Waals surface area contributed by atoms with E-state index < -0.39 is 0 Å². The highest BCUT2D eigenvalue weighted by atomic mass is 35.5. The highest BCUT2D eigenvalue weighted by Gasteiger charge is 2.29. The number of hydrogen-bond acceptors (Lipinski definition) is 3. The normalized spacial score (nSPS) is 22.4. The molecule has 2 aliphatic rings. The van der Waals surface area contributed by atoms with Crippen molar-refractivity contribution in [1.82, 2.24) is 15.5 Å². The lowest BCUT2D eigenvalue weighted by atomic mass is 9.85. The molecule has 0 aromatic carbocycles. The molecule has 5 nitrogen and oxygen atoms in total. The molecule has 2 N–H and O–H groups in total. The van der Waals surface area contributed by atoms with Gasteiger partial charge in [-0.15, -0.1) is 12.4 Å². The van der Waals surface area contributed by atoms with Gasteiger partial charge in [-0.05, 0) is 57.0 Å². The summed E-state index contributed by atoms with van der Waals surface area (Å²) in [6.07, 6.45) is 8.14. The molecule has 0 bridgehead atoms. The number of likely N-dealkylation sites (tertiary alicyclic amines) is 1. The highest BCUT2D eigenvalue weighted by Crippen LogP contribution is 2.25. The summed E-state index contributed by atoms with van der Waals surface area (Å²) < 4.78 is 0. The SMILES string of the molecule is CCCCCNC(=O)C1CCN(C(=O)CC(C)C2CCCNC2)CC1.Cl. The minimum atomic E-state index is 0. The Kier molecular flexibility index (Phi) is 11.2. The van der Waals surface area contributed by atoms with E-state index in [1.165, 1.54) is 25.7 Å². The van der Waals surface area contributed by atoms with Gasteiger partial charge in [0.05, 0.1) is 0 Å². The molecule has 0 aromatic rings. The maximum atomic E-state index is 12.6. The topological polar surface area (TPSA) is 61.4 Å². The fourth-order valence-corrected chi connectivity index (χ4v) is 4.06. The number of carbonyl (C=O) groups is 2. The number of carbonyl (C=O) groups excluding carboxylic acids is 2. The van der Waals surface area contributed by atoms with Gasteiger partial charge in [0.1, 0.15) is 0 Å². The van der Waals surface area contributed by atoms with Gasteiger partial charge in [-0.2, -0.15) is 0 Å². The van der Waals surface area contributed by atoms with E-state index in [0.717, 1.165) is 52.0 Å². The Labute approximate surface area is 165 Å². The Morgan fingerprint density at radius 2 is 1.92 bits per heavy atom. The maximum Gasteiger partial charge on any atom is 0.223 e. The predicted molar refractivity (Wildman–Crippen MR) is 108 cm³/mol. The van der Waals surface area contributed by atoms with Crippen LogP contribution in [0.25, 0.3) is 0 Å². The van der Waals surface area contributed by atoms with Gasteiger partial charge in [0, 0.05) is 32.0 Å². The lowest BCUT2D eigenvalue weighted by molar-refractivity contribution is -0.136. The Bertz CT molecular complexity index is 419. The van der Waals surface area contributed by atoms with E-state index in [4.69, 9.17) is 0 Å². The van der Waals surface area contributed by atoms with Crippen molar-refractivity contribution >= 4 is 24.2 Å². The van der Waals surface area contributed by atoms with Gasteiger partial charge in [0.25, 0.3) is 0 Å². The average Bonchev–Trinajstić information content (AvgIpc) is 2.66. The predicted octanol–water partition coefficient (Wildman–Crippen LogP) is 2.98. The number of nitrogens with one attached hydrogen (secondary N) is 2. The summed E-state index contributed by atoms with van der Waals surface area (Å²) in [4.78, 5) is 26.8. The van der Waals surface area contributed by atoms with Crippen LogP contribution in [0.3, 0.4) is 0 Å². The third kappa shape index (κ3) is 7.43. The molecule has 2 atom stereocenters. The number of hydrogen-bond donors (Lipinski definition) is 2. The Morgan fingerprint density at radius 3 is 2.54 bits per heavy atom. The molecule has 2 saturated heterocycles. The van der Waals surface area contributed by atoms with Crippen LogP contribution in [-0.2, 0) is 9.59 Å². The molecule has 0 aliphatic carbocycles. The molecule has 2 heterocycles. The minimum absolute atomic E-state index is 0. The van der Waals surface area contributed by atoms with Gasteiger partial charge in [-0.1, -0.05) is 26.7 Å². The molecule has 2 rings (SSSR count). The summed E-state index contributed by atoms with van der Waals surface area (Å²) in [5, 5.41) is 6.50. The highest BCUT2D eigenvalue weighted by molar-refractivity contribution is 5.85. The van der Waals surface area contributed by atoms with Crippen molar-refractivity contribution in [1.29, 1.82) is 0 Å². The number of piperidine rings is 2. The molecule has 0 radical (unpaired) electrons.